The van der Waals surface area contributed by atoms with Crippen LogP contribution in [0.25, 0.3) is 21.8 Å². The second-order valence-corrected chi connectivity index (χ2v) is 10.5. The first-order chi connectivity index (χ1) is 18.0. The second kappa shape index (κ2) is 9.37. The zero-order chi connectivity index (χ0) is 25.2. The molecule has 0 fully saturated rings. The fourth-order valence-electron chi connectivity index (χ4n) is 4.14. The van der Waals surface area contributed by atoms with Crippen molar-refractivity contribution in [3.8, 4) is 0 Å². The summed E-state index contributed by atoms with van der Waals surface area (Å²) >= 11 is 0. The minimum atomic E-state index is -3.66. The van der Waals surface area contributed by atoms with Crippen LogP contribution in [0, 0.1) is 0 Å². The molecule has 0 bridgehead atoms. The van der Waals surface area contributed by atoms with E-state index in [9.17, 15) is 8.42 Å². The Morgan fingerprint density at radius 1 is 0.459 bits per heavy atom. The van der Waals surface area contributed by atoms with Crippen molar-refractivity contribution in [3.05, 3.63) is 121 Å². The number of nitrogens with one attached hydrogen (secondary N) is 2. The average Bonchev–Trinajstić information content (AvgIpc) is 2.93. The zero-order valence-electron chi connectivity index (χ0n) is 19.7. The number of hydrogen-bond donors (Lipinski definition) is 2. The lowest BCUT2D eigenvalue weighted by molar-refractivity contribution is 0.596. The number of sulfone groups is 1. The SMILES string of the molecule is O=S(=O)(c1ccc(Nc2ccc3ccccc3n2)cc1)c1ccc(Nc2ccc3ccccc3n2)cc1. The van der Waals surface area contributed by atoms with E-state index < -0.39 is 9.84 Å². The van der Waals surface area contributed by atoms with Crippen LogP contribution in [0.1, 0.15) is 0 Å². The molecule has 0 aliphatic carbocycles. The summed E-state index contributed by atoms with van der Waals surface area (Å²) in [6, 6.07) is 36.9. The standard InChI is InChI=1S/C30H22N4O2S/c35-37(36,25-15-11-23(12-16-25)31-29-19-9-21-5-1-3-7-27(21)33-29)26-17-13-24(14-18-26)32-30-20-10-22-6-2-4-8-28(22)34-30/h1-20H,(H,31,33)(H,32,34). The van der Waals surface area contributed by atoms with Gasteiger partial charge in [-0.2, -0.15) is 0 Å². The number of hydrogen-bond acceptors (Lipinski definition) is 6. The number of benzene rings is 4. The van der Waals surface area contributed by atoms with Crippen LogP contribution < -0.4 is 10.6 Å². The summed E-state index contributed by atoms with van der Waals surface area (Å²) in [6.45, 7) is 0. The summed E-state index contributed by atoms with van der Waals surface area (Å²) in [4.78, 5) is 9.65. The van der Waals surface area contributed by atoms with Crippen LogP contribution in [0.15, 0.2) is 131 Å². The third-order valence-corrected chi connectivity index (χ3v) is 7.86. The third-order valence-electron chi connectivity index (χ3n) is 6.07. The van der Waals surface area contributed by atoms with Gasteiger partial charge in [0.25, 0.3) is 0 Å². The lowest BCUT2D eigenvalue weighted by Gasteiger charge is -2.10. The van der Waals surface area contributed by atoms with E-state index in [2.05, 4.69) is 20.6 Å². The number of nitrogens with zero attached hydrogens (tertiary/aromatic N) is 2. The molecular formula is C30H22N4O2S. The molecule has 7 heteroatoms. The van der Waals surface area contributed by atoms with Crippen molar-refractivity contribution < 1.29 is 8.42 Å². The molecule has 2 heterocycles. The molecular weight excluding hydrogens is 480 g/mol. The first-order valence-electron chi connectivity index (χ1n) is 11.8. The number of para-hydroxylation sites is 2. The van der Waals surface area contributed by atoms with E-state index in [0.29, 0.717) is 11.6 Å². The Hall–Kier alpha value is -4.75. The molecule has 4 aromatic carbocycles. The first-order valence-corrected chi connectivity index (χ1v) is 13.2. The molecule has 0 amide bonds. The molecule has 37 heavy (non-hydrogen) atoms. The molecule has 0 aliphatic heterocycles. The smallest absolute Gasteiger partial charge is 0.206 e. The van der Waals surface area contributed by atoms with Gasteiger partial charge in [-0.25, -0.2) is 18.4 Å². The summed E-state index contributed by atoms with van der Waals surface area (Å²) < 4.78 is 26.4. The molecule has 6 rings (SSSR count). The highest BCUT2D eigenvalue weighted by Crippen LogP contribution is 2.26. The summed E-state index contributed by atoms with van der Waals surface area (Å²) in [5, 5.41) is 8.59. The molecule has 2 aromatic heterocycles. The maximum atomic E-state index is 13.2. The van der Waals surface area contributed by atoms with Gasteiger partial charge in [0.2, 0.25) is 9.84 Å². The largest absolute Gasteiger partial charge is 0.340 e. The molecule has 6 aromatic rings. The fraction of sp³-hybridized carbons (Fsp3) is 0. The molecule has 0 atom stereocenters. The van der Waals surface area contributed by atoms with Gasteiger partial charge in [0.1, 0.15) is 11.6 Å². The molecule has 0 spiro atoms. The van der Waals surface area contributed by atoms with Crippen molar-refractivity contribution in [2.45, 2.75) is 9.79 Å². The molecule has 6 nitrogen and oxygen atoms in total. The minimum Gasteiger partial charge on any atom is -0.340 e. The van der Waals surface area contributed by atoms with Crippen LogP contribution in [0.4, 0.5) is 23.0 Å². The van der Waals surface area contributed by atoms with Crippen molar-refractivity contribution >= 4 is 54.7 Å². The van der Waals surface area contributed by atoms with E-state index in [0.717, 1.165) is 33.2 Å². The molecule has 0 radical (unpaired) electrons. The second-order valence-electron chi connectivity index (χ2n) is 8.58. The third kappa shape index (κ3) is 4.72. The Balaban J connectivity index is 1.17. The molecule has 0 aliphatic rings. The number of rotatable bonds is 6. The van der Waals surface area contributed by atoms with Gasteiger partial charge in [-0.1, -0.05) is 36.4 Å². The van der Waals surface area contributed by atoms with E-state index in [4.69, 9.17) is 0 Å². The molecule has 2 N–H and O–H groups in total. The van der Waals surface area contributed by atoms with Crippen molar-refractivity contribution in [1.82, 2.24) is 9.97 Å². The summed E-state index contributed by atoms with van der Waals surface area (Å²) in [7, 11) is -3.66. The van der Waals surface area contributed by atoms with Crippen LogP contribution in [0.5, 0.6) is 0 Å². The van der Waals surface area contributed by atoms with Crippen molar-refractivity contribution in [1.29, 1.82) is 0 Å². The number of anilines is 4. The van der Waals surface area contributed by atoms with Crippen LogP contribution in [0.2, 0.25) is 0 Å². The van der Waals surface area contributed by atoms with Crippen molar-refractivity contribution in [2.24, 2.45) is 0 Å². The zero-order valence-corrected chi connectivity index (χ0v) is 20.5. The van der Waals surface area contributed by atoms with Gasteiger partial charge in [-0.05, 0) is 84.9 Å². The lowest BCUT2D eigenvalue weighted by Crippen LogP contribution is -2.03. The first kappa shape index (κ1) is 22.7. The Labute approximate surface area is 214 Å². The Morgan fingerprint density at radius 3 is 1.30 bits per heavy atom. The quantitative estimate of drug-likeness (QED) is 0.253. The van der Waals surface area contributed by atoms with Gasteiger partial charge in [0.05, 0.1) is 20.8 Å². The molecule has 0 saturated carbocycles. The van der Waals surface area contributed by atoms with E-state index in [-0.39, 0.29) is 9.79 Å². The number of aromatic nitrogens is 2. The van der Waals surface area contributed by atoms with Gasteiger partial charge < -0.3 is 10.6 Å². The van der Waals surface area contributed by atoms with Crippen LogP contribution in [-0.2, 0) is 9.84 Å². The lowest BCUT2D eigenvalue weighted by atomic mass is 10.2. The van der Waals surface area contributed by atoms with Gasteiger partial charge in [-0.3, -0.25) is 0 Å². The Morgan fingerprint density at radius 2 is 0.865 bits per heavy atom. The maximum absolute atomic E-state index is 13.2. The van der Waals surface area contributed by atoms with Gasteiger partial charge in [0.15, 0.2) is 0 Å². The molecule has 180 valence electrons. The summed E-state index contributed by atoms with van der Waals surface area (Å²) in [5.74, 6) is 1.39. The van der Waals surface area contributed by atoms with Crippen LogP contribution in [-0.4, -0.2) is 18.4 Å². The minimum absolute atomic E-state index is 0.224. The Kier molecular flexibility index (Phi) is 5.75. The average molecular weight is 503 g/mol. The summed E-state index contributed by atoms with van der Waals surface area (Å²) in [6.07, 6.45) is 0. The highest BCUT2D eigenvalue weighted by Gasteiger charge is 2.17. The monoisotopic (exact) mass is 502 g/mol. The van der Waals surface area contributed by atoms with Crippen LogP contribution in [0.3, 0.4) is 0 Å². The number of fused-ring (bicyclic) bond motifs is 2. The number of pyridine rings is 2. The van der Waals surface area contributed by atoms with E-state index in [1.807, 2.05) is 72.8 Å². The van der Waals surface area contributed by atoms with E-state index in [1.165, 1.54) is 0 Å². The van der Waals surface area contributed by atoms with Gasteiger partial charge in [0, 0.05) is 22.1 Å². The predicted molar refractivity (Wildman–Crippen MR) is 148 cm³/mol. The van der Waals surface area contributed by atoms with E-state index >= 15 is 0 Å². The topological polar surface area (TPSA) is 84.0 Å². The normalized spacial score (nSPS) is 11.5. The maximum Gasteiger partial charge on any atom is 0.206 e. The molecule has 0 saturated heterocycles. The summed E-state index contributed by atoms with van der Waals surface area (Å²) in [5.41, 5.74) is 3.29. The predicted octanol–water partition coefficient (Wildman–Crippen LogP) is 7.10. The van der Waals surface area contributed by atoms with Crippen molar-refractivity contribution in [2.75, 3.05) is 10.6 Å². The molecule has 0 unspecified atom stereocenters. The van der Waals surface area contributed by atoms with Crippen molar-refractivity contribution in [3.63, 3.8) is 0 Å². The van der Waals surface area contributed by atoms with E-state index in [1.54, 1.807) is 48.5 Å². The highest BCUT2D eigenvalue weighted by molar-refractivity contribution is 7.91. The van der Waals surface area contributed by atoms with Gasteiger partial charge >= 0.3 is 0 Å². The Bertz CT molecular complexity index is 1700. The van der Waals surface area contributed by atoms with Gasteiger partial charge in [-0.15, -0.1) is 0 Å². The van der Waals surface area contributed by atoms with Crippen LogP contribution >= 0.6 is 0 Å². The fourth-order valence-corrected chi connectivity index (χ4v) is 5.40. The highest BCUT2D eigenvalue weighted by atomic mass is 32.2.